The quantitative estimate of drug-likeness (QED) is 0.638. The van der Waals surface area contributed by atoms with Crippen LogP contribution >= 0.6 is 22.9 Å². The van der Waals surface area contributed by atoms with Gasteiger partial charge in [0, 0.05) is 23.2 Å². The third-order valence-corrected chi connectivity index (χ3v) is 3.70. The molecule has 0 radical (unpaired) electrons. The van der Waals surface area contributed by atoms with Crippen molar-refractivity contribution in [2.75, 3.05) is 11.2 Å². The van der Waals surface area contributed by atoms with Crippen LogP contribution in [-0.2, 0) is 4.79 Å². The van der Waals surface area contributed by atoms with Gasteiger partial charge in [-0.15, -0.1) is 22.9 Å². The first-order valence-corrected chi connectivity index (χ1v) is 7.68. The van der Waals surface area contributed by atoms with E-state index in [0.29, 0.717) is 17.4 Å². The molecule has 1 amide bonds. The van der Waals surface area contributed by atoms with Gasteiger partial charge in [0.15, 0.2) is 5.13 Å². The lowest BCUT2D eigenvalue weighted by atomic mass is 10.2. The minimum atomic E-state index is -0.281. The number of unbranched alkanes of at least 4 members (excludes halogenated alkanes) is 1. The molecule has 0 aliphatic heterocycles. The maximum Gasteiger partial charge on any atom is 0.226 e. The molecule has 0 atom stereocenters. The molecule has 106 valence electrons. The highest BCUT2D eigenvalue weighted by Crippen LogP contribution is 2.25. The van der Waals surface area contributed by atoms with Crippen molar-refractivity contribution in [2.24, 2.45) is 0 Å². The van der Waals surface area contributed by atoms with Crippen LogP contribution in [0.25, 0.3) is 11.3 Å². The summed E-state index contributed by atoms with van der Waals surface area (Å²) in [4.78, 5) is 16.0. The molecule has 0 fully saturated rings. The summed E-state index contributed by atoms with van der Waals surface area (Å²) in [6.45, 7) is 0. The van der Waals surface area contributed by atoms with Gasteiger partial charge < -0.3 is 5.32 Å². The van der Waals surface area contributed by atoms with E-state index in [4.69, 9.17) is 11.6 Å². The number of aromatic nitrogens is 1. The minimum Gasteiger partial charge on any atom is -0.302 e. The van der Waals surface area contributed by atoms with Crippen molar-refractivity contribution in [2.45, 2.75) is 19.3 Å². The molecule has 3 nitrogen and oxygen atoms in total. The van der Waals surface area contributed by atoms with Crippen LogP contribution in [0.2, 0.25) is 0 Å². The molecule has 1 heterocycles. The fourth-order valence-corrected chi connectivity index (χ4v) is 2.57. The molecule has 0 bridgehead atoms. The predicted octanol–water partition coefficient (Wildman–Crippen LogP) is 4.30. The summed E-state index contributed by atoms with van der Waals surface area (Å²) in [5, 5.41) is 5.14. The number of alkyl halides is 1. The molecule has 0 aliphatic carbocycles. The van der Waals surface area contributed by atoms with Crippen LogP contribution in [0, 0.1) is 5.82 Å². The topological polar surface area (TPSA) is 42.0 Å². The first kappa shape index (κ1) is 14.9. The number of halogens is 2. The van der Waals surface area contributed by atoms with E-state index in [2.05, 4.69) is 10.3 Å². The molecule has 1 N–H and O–H groups in total. The molecule has 0 unspecified atom stereocenters. The molecule has 20 heavy (non-hydrogen) atoms. The van der Waals surface area contributed by atoms with E-state index < -0.39 is 0 Å². The van der Waals surface area contributed by atoms with E-state index in [1.54, 1.807) is 12.1 Å². The van der Waals surface area contributed by atoms with Crippen molar-refractivity contribution in [3.05, 3.63) is 35.5 Å². The number of hydrogen-bond donors (Lipinski definition) is 1. The van der Waals surface area contributed by atoms with Gasteiger partial charge in [-0.3, -0.25) is 4.79 Å². The fourth-order valence-electron chi connectivity index (χ4n) is 1.65. The molecular weight excluding hydrogens is 299 g/mol. The zero-order valence-corrected chi connectivity index (χ0v) is 12.3. The zero-order valence-electron chi connectivity index (χ0n) is 10.7. The highest BCUT2D eigenvalue weighted by molar-refractivity contribution is 7.14. The van der Waals surface area contributed by atoms with Crippen molar-refractivity contribution in [3.8, 4) is 11.3 Å². The summed E-state index contributed by atoms with van der Waals surface area (Å²) < 4.78 is 12.8. The second kappa shape index (κ2) is 7.36. The van der Waals surface area contributed by atoms with Gasteiger partial charge >= 0.3 is 0 Å². The van der Waals surface area contributed by atoms with E-state index >= 15 is 0 Å². The number of amides is 1. The predicted molar refractivity (Wildman–Crippen MR) is 80.7 cm³/mol. The molecule has 2 rings (SSSR count). The van der Waals surface area contributed by atoms with Gasteiger partial charge in [0.05, 0.1) is 5.69 Å². The number of hydrogen-bond acceptors (Lipinski definition) is 3. The average molecular weight is 313 g/mol. The Balaban J connectivity index is 1.95. The van der Waals surface area contributed by atoms with Gasteiger partial charge in [-0.1, -0.05) is 0 Å². The SMILES string of the molecule is O=C(CCCCCl)Nc1nc(-c2ccc(F)cc2)cs1. The third kappa shape index (κ3) is 4.28. The van der Waals surface area contributed by atoms with Crippen LogP contribution in [0.3, 0.4) is 0 Å². The van der Waals surface area contributed by atoms with E-state index in [0.717, 1.165) is 24.1 Å². The highest BCUT2D eigenvalue weighted by atomic mass is 35.5. The summed E-state index contributed by atoms with van der Waals surface area (Å²) in [6.07, 6.45) is 2.04. The summed E-state index contributed by atoms with van der Waals surface area (Å²) in [5.74, 6) is 0.228. The summed E-state index contributed by atoms with van der Waals surface area (Å²) in [6, 6.07) is 6.10. The second-order valence-electron chi connectivity index (χ2n) is 4.24. The zero-order chi connectivity index (χ0) is 14.4. The van der Waals surface area contributed by atoms with Crippen molar-refractivity contribution < 1.29 is 9.18 Å². The average Bonchev–Trinajstić information content (AvgIpc) is 2.88. The van der Waals surface area contributed by atoms with Crippen LogP contribution < -0.4 is 5.32 Å². The number of benzene rings is 1. The molecule has 0 saturated heterocycles. The van der Waals surface area contributed by atoms with E-state index in [1.165, 1.54) is 23.5 Å². The number of rotatable bonds is 6. The number of carbonyl (C=O) groups excluding carboxylic acids is 1. The standard InChI is InChI=1S/C14H14ClFN2OS/c15-8-2-1-3-13(19)18-14-17-12(9-20-14)10-4-6-11(16)7-5-10/h4-7,9H,1-3,8H2,(H,17,18,19). The molecule has 0 spiro atoms. The number of carbonyl (C=O) groups is 1. The van der Waals surface area contributed by atoms with Gasteiger partial charge in [-0.25, -0.2) is 9.37 Å². The van der Waals surface area contributed by atoms with E-state index in [-0.39, 0.29) is 11.7 Å². The Hall–Kier alpha value is -1.46. The largest absolute Gasteiger partial charge is 0.302 e. The van der Waals surface area contributed by atoms with Crippen LogP contribution in [-0.4, -0.2) is 16.8 Å². The van der Waals surface area contributed by atoms with Gasteiger partial charge in [-0.2, -0.15) is 0 Å². The number of nitrogens with zero attached hydrogens (tertiary/aromatic N) is 1. The summed E-state index contributed by atoms with van der Waals surface area (Å²) >= 11 is 6.91. The lowest BCUT2D eigenvalue weighted by molar-refractivity contribution is -0.116. The third-order valence-electron chi connectivity index (χ3n) is 2.68. The first-order valence-electron chi connectivity index (χ1n) is 6.26. The van der Waals surface area contributed by atoms with Crippen molar-refractivity contribution in [1.82, 2.24) is 4.98 Å². The molecule has 0 aliphatic rings. The summed E-state index contributed by atoms with van der Waals surface area (Å²) in [5.41, 5.74) is 1.55. The molecule has 1 aromatic carbocycles. The van der Waals surface area contributed by atoms with Gasteiger partial charge in [-0.05, 0) is 37.1 Å². The van der Waals surface area contributed by atoms with Crippen molar-refractivity contribution in [1.29, 1.82) is 0 Å². The Bertz CT molecular complexity index is 571. The molecule has 0 saturated carbocycles. The van der Waals surface area contributed by atoms with Crippen LogP contribution in [0.1, 0.15) is 19.3 Å². The van der Waals surface area contributed by atoms with Gasteiger partial charge in [0.25, 0.3) is 0 Å². The number of thiazole rings is 1. The molecule has 6 heteroatoms. The van der Waals surface area contributed by atoms with Crippen molar-refractivity contribution >= 4 is 34.0 Å². The minimum absolute atomic E-state index is 0.0601. The summed E-state index contributed by atoms with van der Waals surface area (Å²) in [7, 11) is 0. The van der Waals surface area contributed by atoms with Crippen LogP contribution in [0.4, 0.5) is 9.52 Å². The highest BCUT2D eigenvalue weighted by Gasteiger charge is 2.08. The number of anilines is 1. The maximum absolute atomic E-state index is 12.8. The number of nitrogens with one attached hydrogen (secondary N) is 1. The lowest BCUT2D eigenvalue weighted by Crippen LogP contribution is -2.10. The van der Waals surface area contributed by atoms with Gasteiger partial charge in [0.2, 0.25) is 5.91 Å². The van der Waals surface area contributed by atoms with E-state index in [1.807, 2.05) is 5.38 Å². The van der Waals surface area contributed by atoms with Crippen molar-refractivity contribution in [3.63, 3.8) is 0 Å². The normalized spacial score (nSPS) is 10.5. The smallest absolute Gasteiger partial charge is 0.226 e. The molecule has 2 aromatic rings. The maximum atomic E-state index is 12.8. The Morgan fingerprint density at radius 2 is 2.05 bits per heavy atom. The lowest BCUT2D eigenvalue weighted by Gasteiger charge is -2.00. The van der Waals surface area contributed by atoms with Gasteiger partial charge in [0.1, 0.15) is 5.82 Å². The Morgan fingerprint density at radius 1 is 1.30 bits per heavy atom. The second-order valence-corrected chi connectivity index (χ2v) is 5.48. The Labute approximate surface area is 125 Å². The Morgan fingerprint density at radius 3 is 2.75 bits per heavy atom. The van der Waals surface area contributed by atoms with E-state index in [9.17, 15) is 9.18 Å². The molecule has 1 aromatic heterocycles. The monoisotopic (exact) mass is 312 g/mol. The van der Waals surface area contributed by atoms with Crippen LogP contribution in [0.5, 0.6) is 0 Å². The molecular formula is C14H14ClFN2OS. The fraction of sp³-hybridized carbons (Fsp3) is 0.286. The first-order chi connectivity index (χ1) is 9.69. The van der Waals surface area contributed by atoms with Crippen LogP contribution in [0.15, 0.2) is 29.6 Å². The Kier molecular flexibility index (Phi) is 5.49.